The number of carbonyl (C=O) groups excluding carboxylic acids is 1. The van der Waals surface area contributed by atoms with Crippen LogP contribution in [0.1, 0.15) is 21.7 Å². The van der Waals surface area contributed by atoms with Crippen LogP contribution in [-0.2, 0) is 6.54 Å². The van der Waals surface area contributed by atoms with E-state index in [1.54, 1.807) is 7.11 Å². The molecule has 1 heterocycles. The molecule has 0 spiro atoms. The molecule has 2 aromatic carbocycles. The number of amides is 1. The Balaban J connectivity index is 1.92. The molecule has 3 rings (SSSR count). The normalized spacial score (nSPS) is 11.1. The number of furan rings is 1. The second kappa shape index (κ2) is 8.27. The molecule has 142 valence electrons. The zero-order chi connectivity index (χ0) is 19.4. The number of carbonyl (C=O) groups is 1. The Labute approximate surface area is 160 Å². The second-order valence-electron chi connectivity index (χ2n) is 6.93. The van der Waals surface area contributed by atoms with E-state index in [0.717, 1.165) is 28.8 Å². The van der Waals surface area contributed by atoms with Gasteiger partial charge in [-0.3, -0.25) is 4.79 Å². The number of nitrogens with zero attached hydrogens (tertiary/aromatic N) is 2. The minimum absolute atomic E-state index is 0.0895. The number of aryl methyl sites for hydroxylation is 1. The molecule has 0 saturated carbocycles. The predicted octanol–water partition coefficient (Wildman–Crippen LogP) is 3.95. The molecule has 1 aromatic heterocycles. The standard InChI is InChI=1S/C22H26N2O3/c1-16-19-14-18(26-4)10-11-20(19)27-21(16)22(25)24(13-12-23(2)3)15-17-8-6-5-7-9-17/h5-11,14H,12-13,15H2,1-4H3. The molecule has 0 aliphatic rings. The number of fused-ring (bicyclic) bond motifs is 1. The SMILES string of the molecule is COc1ccc2oc(C(=O)N(CCN(C)C)Cc3ccccc3)c(C)c2c1. The third-order valence-electron chi connectivity index (χ3n) is 4.66. The van der Waals surface area contributed by atoms with Gasteiger partial charge in [0, 0.05) is 30.6 Å². The monoisotopic (exact) mass is 366 g/mol. The van der Waals surface area contributed by atoms with E-state index >= 15 is 0 Å². The summed E-state index contributed by atoms with van der Waals surface area (Å²) in [4.78, 5) is 17.2. The van der Waals surface area contributed by atoms with Crippen LogP contribution in [-0.4, -0.2) is 50.0 Å². The molecule has 0 fully saturated rings. The highest BCUT2D eigenvalue weighted by molar-refractivity contribution is 5.99. The number of rotatable bonds is 7. The predicted molar refractivity (Wildman–Crippen MR) is 107 cm³/mol. The first-order chi connectivity index (χ1) is 13.0. The Hall–Kier alpha value is -2.79. The average Bonchev–Trinajstić information content (AvgIpc) is 3.01. The smallest absolute Gasteiger partial charge is 0.290 e. The van der Waals surface area contributed by atoms with Gasteiger partial charge in [0.2, 0.25) is 0 Å². The molecule has 27 heavy (non-hydrogen) atoms. The summed E-state index contributed by atoms with van der Waals surface area (Å²) in [7, 11) is 5.64. The highest BCUT2D eigenvalue weighted by Crippen LogP contribution is 2.29. The quantitative estimate of drug-likeness (QED) is 0.635. The van der Waals surface area contributed by atoms with Crippen LogP contribution >= 0.6 is 0 Å². The number of ether oxygens (including phenoxy) is 1. The summed E-state index contributed by atoms with van der Waals surface area (Å²) < 4.78 is 11.2. The van der Waals surface area contributed by atoms with Crippen molar-refractivity contribution in [1.29, 1.82) is 0 Å². The molecule has 0 aliphatic heterocycles. The van der Waals surface area contributed by atoms with Crippen LogP contribution in [0.2, 0.25) is 0 Å². The Morgan fingerprint density at radius 3 is 2.48 bits per heavy atom. The van der Waals surface area contributed by atoms with Crippen molar-refractivity contribution in [3.63, 3.8) is 0 Å². The Bertz CT molecular complexity index is 916. The Morgan fingerprint density at radius 2 is 1.81 bits per heavy atom. The van der Waals surface area contributed by atoms with Gasteiger partial charge < -0.3 is 19.0 Å². The molecular formula is C22H26N2O3. The maximum atomic E-state index is 13.3. The zero-order valence-corrected chi connectivity index (χ0v) is 16.4. The third-order valence-corrected chi connectivity index (χ3v) is 4.66. The van der Waals surface area contributed by atoms with Gasteiger partial charge in [0.05, 0.1) is 7.11 Å². The van der Waals surface area contributed by atoms with Crippen LogP contribution in [0.4, 0.5) is 0 Å². The fraction of sp³-hybridized carbons (Fsp3) is 0.318. The number of likely N-dealkylation sites (N-methyl/N-ethyl adjacent to an activating group) is 1. The molecule has 0 bridgehead atoms. The van der Waals surface area contributed by atoms with Gasteiger partial charge >= 0.3 is 0 Å². The van der Waals surface area contributed by atoms with E-state index in [1.165, 1.54) is 0 Å². The van der Waals surface area contributed by atoms with Gasteiger partial charge in [0.1, 0.15) is 11.3 Å². The molecule has 5 heteroatoms. The first-order valence-electron chi connectivity index (χ1n) is 9.04. The summed E-state index contributed by atoms with van der Waals surface area (Å²) in [5.74, 6) is 1.06. The van der Waals surface area contributed by atoms with E-state index in [9.17, 15) is 4.79 Å². The first kappa shape index (κ1) is 19.0. The van der Waals surface area contributed by atoms with Crippen LogP contribution < -0.4 is 4.74 Å². The van der Waals surface area contributed by atoms with E-state index < -0.39 is 0 Å². The molecule has 1 amide bonds. The molecule has 0 atom stereocenters. The van der Waals surface area contributed by atoms with Crippen molar-refractivity contribution in [2.45, 2.75) is 13.5 Å². The molecule has 3 aromatic rings. The molecule has 0 saturated heterocycles. The van der Waals surface area contributed by atoms with Crippen molar-refractivity contribution in [3.05, 3.63) is 65.4 Å². The van der Waals surface area contributed by atoms with Crippen LogP contribution in [0, 0.1) is 6.92 Å². The highest BCUT2D eigenvalue weighted by Gasteiger charge is 2.24. The zero-order valence-electron chi connectivity index (χ0n) is 16.4. The summed E-state index contributed by atoms with van der Waals surface area (Å²) in [6, 6.07) is 15.6. The van der Waals surface area contributed by atoms with Gasteiger partial charge in [-0.25, -0.2) is 0 Å². The number of benzene rings is 2. The fourth-order valence-electron chi connectivity index (χ4n) is 3.05. The topological polar surface area (TPSA) is 45.9 Å². The van der Waals surface area contributed by atoms with Crippen molar-refractivity contribution in [2.24, 2.45) is 0 Å². The van der Waals surface area contributed by atoms with E-state index in [0.29, 0.717) is 24.4 Å². The number of hydrogen-bond donors (Lipinski definition) is 0. The maximum absolute atomic E-state index is 13.3. The van der Waals surface area contributed by atoms with Gasteiger partial charge in [-0.15, -0.1) is 0 Å². The molecule has 0 N–H and O–H groups in total. The lowest BCUT2D eigenvalue weighted by Gasteiger charge is -2.24. The minimum Gasteiger partial charge on any atom is -0.497 e. The van der Waals surface area contributed by atoms with Gasteiger partial charge in [-0.1, -0.05) is 30.3 Å². The minimum atomic E-state index is -0.0895. The average molecular weight is 366 g/mol. The molecule has 5 nitrogen and oxygen atoms in total. The molecule has 0 aliphatic carbocycles. The Kier molecular flexibility index (Phi) is 5.81. The number of hydrogen-bond acceptors (Lipinski definition) is 4. The van der Waals surface area contributed by atoms with Gasteiger partial charge in [0.15, 0.2) is 5.76 Å². The van der Waals surface area contributed by atoms with Gasteiger partial charge in [-0.2, -0.15) is 0 Å². The second-order valence-corrected chi connectivity index (χ2v) is 6.93. The van der Waals surface area contributed by atoms with E-state index in [4.69, 9.17) is 9.15 Å². The van der Waals surface area contributed by atoms with Crippen molar-refractivity contribution in [2.75, 3.05) is 34.3 Å². The van der Waals surface area contributed by atoms with Crippen molar-refractivity contribution < 1.29 is 13.9 Å². The summed E-state index contributed by atoms with van der Waals surface area (Å²) in [6.07, 6.45) is 0. The molecule has 0 radical (unpaired) electrons. The maximum Gasteiger partial charge on any atom is 0.290 e. The van der Waals surface area contributed by atoms with E-state index in [1.807, 2.05) is 74.4 Å². The highest BCUT2D eigenvalue weighted by atomic mass is 16.5. The summed E-state index contributed by atoms with van der Waals surface area (Å²) >= 11 is 0. The number of methoxy groups -OCH3 is 1. The third kappa shape index (κ3) is 4.31. The summed E-state index contributed by atoms with van der Waals surface area (Å²) in [6.45, 7) is 3.88. The van der Waals surface area contributed by atoms with Crippen molar-refractivity contribution in [1.82, 2.24) is 9.80 Å². The van der Waals surface area contributed by atoms with Gasteiger partial charge in [0.25, 0.3) is 5.91 Å². The first-order valence-corrected chi connectivity index (χ1v) is 9.04. The Morgan fingerprint density at radius 1 is 1.07 bits per heavy atom. The lowest BCUT2D eigenvalue weighted by atomic mass is 10.1. The molecule has 0 unspecified atom stereocenters. The van der Waals surface area contributed by atoms with E-state index in [-0.39, 0.29) is 5.91 Å². The van der Waals surface area contributed by atoms with Crippen molar-refractivity contribution >= 4 is 16.9 Å². The fourth-order valence-corrected chi connectivity index (χ4v) is 3.05. The largest absolute Gasteiger partial charge is 0.497 e. The summed E-state index contributed by atoms with van der Waals surface area (Å²) in [5, 5.41) is 0.907. The molecular weight excluding hydrogens is 340 g/mol. The van der Waals surface area contributed by atoms with E-state index in [2.05, 4.69) is 4.90 Å². The lowest BCUT2D eigenvalue weighted by molar-refractivity contribution is 0.0701. The van der Waals surface area contributed by atoms with Gasteiger partial charge in [-0.05, 0) is 44.8 Å². The van der Waals surface area contributed by atoms with Crippen molar-refractivity contribution in [3.8, 4) is 5.75 Å². The van der Waals surface area contributed by atoms with Crippen LogP contribution in [0.3, 0.4) is 0 Å². The lowest BCUT2D eigenvalue weighted by Crippen LogP contribution is -2.36. The van der Waals surface area contributed by atoms with Crippen LogP contribution in [0.25, 0.3) is 11.0 Å². The van der Waals surface area contributed by atoms with Crippen LogP contribution in [0.15, 0.2) is 52.9 Å². The summed E-state index contributed by atoms with van der Waals surface area (Å²) in [5.41, 5.74) is 2.64. The van der Waals surface area contributed by atoms with Crippen LogP contribution in [0.5, 0.6) is 5.75 Å².